The zero-order valence-electron chi connectivity index (χ0n) is 27.4. The third kappa shape index (κ3) is 8.61. The molecule has 2 fully saturated rings. The molecule has 2 aliphatic carbocycles. The van der Waals surface area contributed by atoms with Crippen molar-refractivity contribution in [3.63, 3.8) is 0 Å². The molecule has 2 N–H and O–H groups in total. The van der Waals surface area contributed by atoms with Gasteiger partial charge in [0.05, 0.1) is 29.6 Å². The zero-order valence-corrected chi connectivity index (χ0v) is 27.4. The van der Waals surface area contributed by atoms with Gasteiger partial charge in [0.15, 0.2) is 0 Å². The van der Waals surface area contributed by atoms with Gasteiger partial charge in [0, 0.05) is 30.3 Å². The summed E-state index contributed by atoms with van der Waals surface area (Å²) in [5.41, 5.74) is -0.798. The first-order valence-corrected chi connectivity index (χ1v) is 15.3. The van der Waals surface area contributed by atoms with Crippen molar-refractivity contribution < 1.29 is 33.3 Å². The Bertz CT molecular complexity index is 1310. The van der Waals surface area contributed by atoms with Gasteiger partial charge in [-0.2, -0.15) is 5.10 Å². The fourth-order valence-electron chi connectivity index (χ4n) is 5.37. The molecule has 0 unspecified atom stereocenters. The average molecular weight is 618 g/mol. The molecule has 0 saturated heterocycles. The van der Waals surface area contributed by atoms with E-state index < -0.39 is 41.2 Å². The maximum absolute atomic E-state index is 14.3. The molecule has 0 bridgehead atoms. The lowest BCUT2D eigenvalue weighted by Crippen LogP contribution is -2.47. The van der Waals surface area contributed by atoms with Crippen molar-refractivity contribution in [2.24, 2.45) is 5.92 Å². The number of halogens is 1. The Balaban J connectivity index is 1.55. The smallest absolute Gasteiger partial charge is 0.420 e. The molecule has 44 heavy (non-hydrogen) atoms. The van der Waals surface area contributed by atoms with Crippen molar-refractivity contribution in [1.82, 2.24) is 20.1 Å². The first-order valence-electron chi connectivity index (χ1n) is 15.3. The molecule has 2 aromatic heterocycles. The highest BCUT2D eigenvalue weighted by Crippen LogP contribution is 2.40. The predicted molar refractivity (Wildman–Crippen MR) is 164 cm³/mol. The minimum atomic E-state index is -1.32. The van der Waals surface area contributed by atoms with Crippen molar-refractivity contribution in [2.75, 3.05) is 11.5 Å². The van der Waals surface area contributed by atoms with Gasteiger partial charge in [-0.1, -0.05) is 0 Å². The quantitative estimate of drug-likeness (QED) is 0.367. The second kappa shape index (κ2) is 12.5. The molecule has 4 rings (SSSR count). The van der Waals surface area contributed by atoms with E-state index >= 15 is 0 Å². The van der Waals surface area contributed by atoms with Crippen molar-refractivity contribution in [3.8, 4) is 5.88 Å². The highest BCUT2D eigenvalue weighted by molar-refractivity contribution is 5.95. The summed E-state index contributed by atoms with van der Waals surface area (Å²) in [6, 6.07) is 5.17. The van der Waals surface area contributed by atoms with E-state index in [0.717, 1.165) is 12.8 Å². The number of nitrogens with zero attached hydrogens (tertiary/aromatic N) is 4. The maximum atomic E-state index is 14.3. The predicted octanol–water partition coefficient (Wildman–Crippen LogP) is 6.36. The first kappa shape index (κ1) is 33.5. The SMILES string of the molecule is CC(C)(C)OC(=O)NC1CC(COc2cc(N(C(=O)OC(C)(C)C)c3cc([C@H]4C[C@@H](F)[C@@H](O)C4)nn3C(C)(C)C)ccn2)C1. The summed E-state index contributed by atoms with van der Waals surface area (Å²) < 4.78 is 33.2. The molecular weight excluding hydrogens is 569 g/mol. The van der Waals surface area contributed by atoms with Crippen LogP contribution in [0.15, 0.2) is 24.4 Å². The van der Waals surface area contributed by atoms with E-state index in [9.17, 15) is 19.1 Å². The van der Waals surface area contributed by atoms with Crippen molar-refractivity contribution in [2.45, 2.75) is 129 Å². The van der Waals surface area contributed by atoms with Gasteiger partial charge in [-0.05, 0) is 100.0 Å². The van der Waals surface area contributed by atoms with Gasteiger partial charge in [0.25, 0.3) is 0 Å². The molecule has 2 amide bonds. The Kier molecular flexibility index (Phi) is 9.54. The van der Waals surface area contributed by atoms with Gasteiger partial charge in [-0.3, -0.25) is 0 Å². The third-order valence-electron chi connectivity index (χ3n) is 7.42. The van der Waals surface area contributed by atoms with Crippen LogP contribution >= 0.6 is 0 Å². The van der Waals surface area contributed by atoms with Crippen molar-refractivity contribution >= 4 is 23.7 Å². The third-order valence-corrected chi connectivity index (χ3v) is 7.42. The summed E-state index contributed by atoms with van der Waals surface area (Å²) in [4.78, 5) is 31.6. The minimum Gasteiger partial charge on any atom is -0.477 e. The number of anilines is 2. The van der Waals surface area contributed by atoms with E-state index in [1.54, 1.807) is 49.8 Å². The molecule has 244 valence electrons. The van der Waals surface area contributed by atoms with Gasteiger partial charge >= 0.3 is 12.2 Å². The summed E-state index contributed by atoms with van der Waals surface area (Å²) in [5, 5.41) is 17.8. The van der Waals surface area contributed by atoms with Crippen LogP contribution in [0.4, 0.5) is 25.5 Å². The minimum absolute atomic E-state index is 0.0286. The average Bonchev–Trinajstić information content (AvgIpc) is 3.42. The van der Waals surface area contributed by atoms with Crippen LogP contribution in [0.3, 0.4) is 0 Å². The van der Waals surface area contributed by atoms with E-state index in [0.29, 0.717) is 29.7 Å². The Hall–Kier alpha value is -3.41. The fraction of sp³-hybridized carbons (Fsp3) is 0.688. The Labute approximate surface area is 259 Å². The van der Waals surface area contributed by atoms with Crippen LogP contribution in [0, 0.1) is 5.92 Å². The Morgan fingerprint density at radius 1 is 1.02 bits per heavy atom. The molecule has 0 aliphatic heterocycles. The van der Waals surface area contributed by atoms with Crippen LogP contribution in [0.5, 0.6) is 5.88 Å². The molecular formula is C32H48FN5O6. The molecule has 0 radical (unpaired) electrons. The summed E-state index contributed by atoms with van der Waals surface area (Å²) in [5.74, 6) is 0.732. The molecule has 12 heteroatoms. The molecule has 2 aromatic rings. The van der Waals surface area contributed by atoms with Crippen LogP contribution in [0.2, 0.25) is 0 Å². The summed E-state index contributed by atoms with van der Waals surface area (Å²) in [7, 11) is 0. The van der Waals surface area contributed by atoms with E-state index in [4.69, 9.17) is 19.3 Å². The van der Waals surface area contributed by atoms with Crippen LogP contribution in [-0.2, 0) is 15.0 Å². The lowest BCUT2D eigenvalue weighted by Gasteiger charge is -2.35. The number of nitrogens with one attached hydrogen (secondary N) is 1. The number of alkyl carbamates (subject to hydrolysis) is 1. The summed E-state index contributed by atoms with van der Waals surface area (Å²) >= 11 is 0. The van der Waals surface area contributed by atoms with Crippen LogP contribution in [-0.4, -0.2) is 68.2 Å². The van der Waals surface area contributed by atoms with E-state index in [1.807, 2.05) is 41.5 Å². The van der Waals surface area contributed by atoms with E-state index in [-0.39, 0.29) is 30.7 Å². The number of rotatable bonds is 7. The molecule has 2 aliphatic rings. The number of ether oxygens (including phenoxy) is 3. The fourth-order valence-corrected chi connectivity index (χ4v) is 5.37. The lowest BCUT2D eigenvalue weighted by atomic mass is 9.81. The lowest BCUT2D eigenvalue weighted by molar-refractivity contribution is 0.0426. The van der Waals surface area contributed by atoms with Gasteiger partial charge in [-0.25, -0.2) is 28.5 Å². The largest absolute Gasteiger partial charge is 0.477 e. The summed E-state index contributed by atoms with van der Waals surface area (Å²) in [6.45, 7) is 17.1. The first-order chi connectivity index (χ1) is 20.3. The van der Waals surface area contributed by atoms with Crippen LogP contribution in [0.1, 0.15) is 99.6 Å². The number of carbonyl (C=O) groups is 2. The highest BCUT2D eigenvalue weighted by atomic mass is 19.1. The number of pyridine rings is 1. The highest BCUT2D eigenvalue weighted by Gasteiger charge is 2.38. The number of aliphatic hydroxyl groups excluding tert-OH is 1. The molecule has 11 nitrogen and oxygen atoms in total. The normalized spacial score (nSPS) is 23.9. The topological polar surface area (TPSA) is 128 Å². The number of amides is 2. The molecule has 2 heterocycles. The van der Waals surface area contributed by atoms with Gasteiger partial charge < -0.3 is 24.6 Å². The monoisotopic (exact) mass is 617 g/mol. The van der Waals surface area contributed by atoms with Gasteiger partial charge in [0.1, 0.15) is 23.2 Å². The summed E-state index contributed by atoms with van der Waals surface area (Å²) in [6.07, 6.45) is 0.107. The Morgan fingerprint density at radius 3 is 2.25 bits per heavy atom. The molecule has 0 aromatic carbocycles. The van der Waals surface area contributed by atoms with Gasteiger partial charge in [0.2, 0.25) is 5.88 Å². The van der Waals surface area contributed by atoms with Crippen LogP contribution < -0.4 is 15.0 Å². The number of alkyl halides is 1. The van der Waals surface area contributed by atoms with Crippen molar-refractivity contribution in [1.29, 1.82) is 0 Å². The number of hydrogen-bond donors (Lipinski definition) is 2. The number of carbonyl (C=O) groups excluding carboxylic acids is 2. The number of aromatic nitrogens is 3. The second-order valence-corrected chi connectivity index (χ2v) is 14.9. The van der Waals surface area contributed by atoms with E-state index in [1.165, 1.54) is 4.90 Å². The molecule has 0 spiro atoms. The molecule has 2 saturated carbocycles. The van der Waals surface area contributed by atoms with Gasteiger partial charge in [-0.15, -0.1) is 0 Å². The zero-order chi connectivity index (χ0) is 32.6. The standard InChI is InChI=1S/C32H48FN5O6/c1-30(2,3)38-27(17-24(36-38)20-14-23(33)25(39)15-20)37(29(41)44-32(7,8)9)22-10-11-34-26(16-22)42-18-19-12-21(13-19)35-28(40)43-31(4,5)6/h10-11,16-17,19-21,23,25,39H,12-15,18H2,1-9H3,(H,35,40)/t19?,20-,21?,23+,25-/m0/s1. The number of hydrogen-bond acceptors (Lipinski definition) is 8. The van der Waals surface area contributed by atoms with E-state index in [2.05, 4.69) is 10.3 Å². The Morgan fingerprint density at radius 2 is 1.68 bits per heavy atom. The van der Waals surface area contributed by atoms with Crippen LogP contribution in [0.25, 0.3) is 0 Å². The van der Waals surface area contributed by atoms with Crippen molar-refractivity contribution in [3.05, 3.63) is 30.1 Å². The maximum Gasteiger partial charge on any atom is 0.420 e. The number of aliphatic hydroxyl groups is 1. The molecule has 3 atom stereocenters. The second-order valence-electron chi connectivity index (χ2n) is 14.9.